The number of hydrogen-bond donors (Lipinski definition) is 2. The van der Waals surface area contributed by atoms with Crippen molar-refractivity contribution in [3.8, 4) is 0 Å². The number of pyridine rings is 1. The molecular formula is C14H20ClN3O. The molecule has 1 fully saturated rings. The topological polar surface area (TPSA) is 68.0 Å². The lowest BCUT2D eigenvalue weighted by molar-refractivity contribution is -0.125. The van der Waals surface area contributed by atoms with Gasteiger partial charge in [0, 0.05) is 18.4 Å². The SMILES string of the molecule is NCC1(C(=O)Nc2ccnc(Cl)c2)CCCCCC1. The lowest BCUT2D eigenvalue weighted by atomic mass is 9.79. The molecule has 1 aromatic rings. The number of aromatic nitrogens is 1. The summed E-state index contributed by atoms with van der Waals surface area (Å²) >= 11 is 5.82. The molecule has 0 spiro atoms. The van der Waals surface area contributed by atoms with E-state index in [1.54, 1.807) is 18.3 Å². The van der Waals surface area contributed by atoms with Crippen LogP contribution in [0.4, 0.5) is 5.69 Å². The van der Waals surface area contributed by atoms with Crippen LogP contribution in [0.1, 0.15) is 38.5 Å². The first-order valence-corrected chi connectivity index (χ1v) is 7.17. The molecule has 1 saturated carbocycles. The Morgan fingerprint density at radius 2 is 2.05 bits per heavy atom. The number of carbonyl (C=O) groups is 1. The second kappa shape index (κ2) is 6.35. The molecule has 5 heteroatoms. The van der Waals surface area contributed by atoms with Gasteiger partial charge in [0.05, 0.1) is 5.41 Å². The third-order valence-corrected chi connectivity index (χ3v) is 4.12. The smallest absolute Gasteiger partial charge is 0.231 e. The van der Waals surface area contributed by atoms with Gasteiger partial charge in [0.15, 0.2) is 0 Å². The van der Waals surface area contributed by atoms with Crippen LogP contribution in [-0.4, -0.2) is 17.4 Å². The van der Waals surface area contributed by atoms with Crippen LogP contribution in [0.5, 0.6) is 0 Å². The number of nitrogens with one attached hydrogen (secondary N) is 1. The maximum atomic E-state index is 12.5. The van der Waals surface area contributed by atoms with Gasteiger partial charge in [-0.3, -0.25) is 4.79 Å². The standard InChI is InChI=1S/C14H20ClN3O/c15-12-9-11(5-8-17-12)18-13(19)14(10-16)6-3-1-2-4-7-14/h5,8-9H,1-4,6-7,10,16H2,(H,17,18,19). The number of anilines is 1. The first-order valence-electron chi connectivity index (χ1n) is 6.79. The van der Waals surface area contributed by atoms with Crippen LogP contribution in [-0.2, 0) is 4.79 Å². The van der Waals surface area contributed by atoms with Crippen LogP contribution in [0, 0.1) is 5.41 Å². The molecule has 1 aromatic heterocycles. The minimum Gasteiger partial charge on any atom is -0.329 e. The van der Waals surface area contributed by atoms with E-state index in [2.05, 4.69) is 10.3 Å². The summed E-state index contributed by atoms with van der Waals surface area (Å²) in [7, 11) is 0. The van der Waals surface area contributed by atoms with Crippen LogP contribution < -0.4 is 11.1 Å². The summed E-state index contributed by atoms with van der Waals surface area (Å²) in [5, 5.41) is 3.30. The number of amides is 1. The second-order valence-corrected chi connectivity index (χ2v) is 5.61. The Kier molecular flexibility index (Phi) is 4.77. The predicted molar refractivity (Wildman–Crippen MR) is 77.1 cm³/mol. The second-order valence-electron chi connectivity index (χ2n) is 5.22. The van der Waals surface area contributed by atoms with E-state index in [0.717, 1.165) is 25.7 Å². The van der Waals surface area contributed by atoms with E-state index in [4.69, 9.17) is 17.3 Å². The predicted octanol–water partition coefficient (Wildman–Crippen LogP) is 2.97. The van der Waals surface area contributed by atoms with E-state index >= 15 is 0 Å². The van der Waals surface area contributed by atoms with Crippen molar-refractivity contribution in [2.45, 2.75) is 38.5 Å². The van der Waals surface area contributed by atoms with E-state index < -0.39 is 5.41 Å². The molecule has 1 aliphatic rings. The zero-order valence-electron chi connectivity index (χ0n) is 11.0. The number of hydrogen-bond acceptors (Lipinski definition) is 3. The quantitative estimate of drug-likeness (QED) is 0.661. The Morgan fingerprint density at radius 3 is 2.63 bits per heavy atom. The molecule has 4 nitrogen and oxygen atoms in total. The van der Waals surface area contributed by atoms with Crippen LogP contribution >= 0.6 is 11.6 Å². The van der Waals surface area contributed by atoms with Gasteiger partial charge in [-0.15, -0.1) is 0 Å². The number of nitrogens with zero attached hydrogens (tertiary/aromatic N) is 1. The molecule has 0 aromatic carbocycles. The third kappa shape index (κ3) is 3.45. The van der Waals surface area contributed by atoms with Gasteiger partial charge >= 0.3 is 0 Å². The van der Waals surface area contributed by atoms with Crippen molar-refractivity contribution in [2.24, 2.45) is 11.1 Å². The largest absolute Gasteiger partial charge is 0.329 e. The fourth-order valence-corrected chi connectivity index (χ4v) is 2.85. The lowest BCUT2D eigenvalue weighted by Gasteiger charge is -2.29. The molecule has 0 saturated heterocycles. The molecule has 1 amide bonds. The molecule has 104 valence electrons. The molecular weight excluding hydrogens is 262 g/mol. The molecule has 3 N–H and O–H groups in total. The molecule has 0 radical (unpaired) electrons. The van der Waals surface area contributed by atoms with Crippen molar-refractivity contribution >= 4 is 23.2 Å². The summed E-state index contributed by atoms with van der Waals surface area (Å²) in [6, 6.07) is 3.39. The van der Waals surface area contributed by atoms with Gasteiger partial charge in [-0.2, -0.15) is 0 Å². The highest BCUT2D eigenvalue weighted by Crippen LogP contribution is 2.35. The fraction of sp³-hybridized carbons (Fsp3) is 0.571. The molecule has 1 heterocycles. The monoisotopic (exact) mass is 281 g/mol. The Morgan fingerprint density at radius 1 is 1.37 bits per heavy atom. The summed E-state index contributed by atoms with van der Waals surface area (Å²) in [5.41, 5.74) is 6.15. The van der Waals surface area contributed by atoms with E-state index in [1.165, 1.54) is 12.8 Å². The maximum Gasteiger partial charge on any atom is 0.231 e. The normalized spacial score (nSPS) is 18.6. The van der Waals surface area contributed by atoms with Crippen molar-refractivity contribution in [3.05, 3.63) is 23.5 Å². The molecule has 0 bridgehead atoms. The first-order chi connectivity index (χ1) is 9.16. The van der Waals surface area contributed by atoms with Gasteiger partial charge in [0.25, 0.3) is 0 Å². The molecule has 1 aliphatic carbocycles. The maximum absolute atomic E-state index is 12.5. The highest BCUT2D eigenvalue weighted by molar-refractivity contribution is 6.29. The Balaban J connectivity index is 2.12. The van der Waals surface area contributed by atoms with Gasteiger partial charge in [-0.05, 0) is 25.0 Å². The van der Waals surface area contributed by atoms with Crippen LogP contribution in [0.15, 0.2) is 18.3 Å². The Hall–Kier alpha value is -1.13. The number of halogens is 1. The van der Waals surface area contributed by atoms with Crippen molar-refractivity contribution in [1.29, 1.82) is 0 Å². The molecule has 0 unspecified atom stereocenters. The summed E-state index contributed by atoms with van der Waals surface area (Å²) in [6.45, 7) is 0.400. The first kappa shape index (κ1) is 14.3. The summed E-state index contributed by atoms with van der Waals surface area (Å²) < 4.78 is 0. The Bertz CT molecular complexity index is 442. The van der Waals surface area contributed by atoms with Gasteiger partial charge in [-0.25, -0.2) is 4.98 Å². The van der Waals surface area contributed by atoms with Crippen molar-refractivity contribution in [1.82, 2.24) is 4.98 Å². The van der Waals surface area contributed by atoms with E-state index in [-0.39, 0.29) is 5.91 Å². The number of nitrogens with two attached hydrogens (primary N) is 1. The van der Waals surface area contributed by atoms with E-state index in [1.807, 2.05) is 0 Å². The van der Waals surface area contributed by atoms with E-state index in [0.29, 0.717) is 17.4 Å². The molecule has 19 heavy (non-hydrogen) atoms. The van der Waals surface area contributed by atoms with Gasteiger partial charge < -0.3 is 11.1 Å². The highest BCUT2D eigenvalue weighted by Gasteiger charge is 2.37. The van der Waals surface area contributed by atoms with Crippen molar-refractivity contribution < 1.29 is 4.79 Å². The Labute approximate surface area is 118 Å². The summed E-state index contributed by atoms with van der Waals surface area (Å²) in [5.74, 6) is 0.0131. The number of carbonyl (C=O) groups excluding carboxylic acids is 1. The minimum absolute atomic E-state index is 0.0131. The molecule has 0 aliphatic heterocycles. The van der Waals surface area contributed by atoms with Gasteiger partial charge in [0.2, 0.25) is 5.91 Å². The van der Waals surface area contributed by atoms with Gasteiger partial charge in [0.1, 0.15) is 5.15 Å². The molecule has 0 atom stereocenters. The lowest BCUT2D eigenvalue weighted by Crippen LogP contribution is -2.42. The summed E-state index contributed by atoms with van der Waals surface area (Å²) in [4.78, 5) is 16.4. The number of rotatable bonds is 3. The fourth-order valence-electron chi connectivity index (χ4n) is 2.67. The van der Waals surface area contributed by atoms with Crippen molar-refractivity contribution in [3.63, 3.8) is 0 Å². The third-order valence-electron chi connectivity index (χ3n) is 3.92. The van der Waals surface area contributed by atoms with Gasteiger partial charge in [-0.1, -0.05) is 37.3 Å². The van der Waals surface area contributed by atoms with Crippen LogP contribution in [0.2, 0.25) is 5.15 Å². The average molecular weight is 282 g/mol. The molecule has 2 rings (SSSR count). The zero-order chi connectivity index (χ0) is 13.7. The van der Waals surface area contributed by atoms with E-state index in [9.17, 15) is 4.79 Å². The zero-order valence-corrected chi connectivity index (χ0v) is 11.7. The van der Waals surface area contributed by atoms with Crippen LogP contribution in [0.25, 0.3) is 0 Å². The highest BCUT2D eigenvalue weighted by atomic mass is 35.5. The minimum atomic E-state index is -0.424. The van der Waals surface area contributed by atoms with Crippen LogP contribution in [0.3, 0.4) is 0 Å². The summed E-state index contributed by atoms with van der Waals surface area (Å²) in [6.07, 6.45) is 7.85. The van der Waals surface area contributed by atoms with Crippen molar-refractivity contribution in [2.75, 3.05) is 11.9 Å². The average Bonchev–Trinajstić information content (AvgIpc) is 2.65.